The van der Waals surface area contributed by atoms with E-state index in [0.717, 1.165) is 0 Å². The zero-order valence-corrected chi connectivity index (χ0v) is 11.1. The number of morpholine rings is 1. The Bertz CT molecular complexity index is 514. The molecule has 0 aliphatic carbocycles. The Morgan fingerprint density at radius 3 is 2.70 bits per heavy atom. The maximum atomic E-state index is 11.8. The summed E-state index contributed by atoms with van der Waals surface area (Å²) in [7, 11) is 0. The minimum atomic E-state index is -0.309. The van der Waals surface area contributed by atoms with E-state index < -0.39 is 0 Å². The average Bonchev–Trinajstić information content (AvgIpc) is 2.48. The third-order valence-corrected chi connectivity index (χ3v) is 3.03. The summed E-state index contributed by atoms with van der Waals surface area (Å²) in [6.45, 7) is 2.61. The molecule has 2 N–H and O–H groups in total. The lowest BCUT2D eigenvalue weighted by Gasteiger charge is -2.26. The quantitative estimate of drug-likeness (QED) is 0.766. The molecule has 0 bridgehead atoms. The van der Waals surface area contributed by atoms with Crippen molar-refractivity contribution < 1.29 is 14.3 Å². The van der Waals surface area contributed by atoms with Gasteiger partial charge in [-0.25, -0.2) is 0 Å². The predicted molar refractivity (Wildman–Crippen MR) is 71.4 cm³/mol. The summed E-state index contributed by atoms with van der Waals surface area (Å²) in [5.74, 6) is -0.300. The third kappa shape index (κ3) is 3.92. The fraction of sp³-hybridized carbons (Fsp3) is 0.462. The highest BCUT2D eigenvalue weighted by molar-refractivity contribution is 5.94. The number of aromatic nitrogens is 1. The Balaban J connectivity index is 1.74. The number of carbonyl (C=O) groups excluding carboxylic acids is 2. The number of aromatic amines is 1. The lowest BCUT2D eigenvalue weighted by molar-refractivity contribution is -0.135. The van der Waals surface area contributed by atoms with E-state index in [2.05, 4.69) is 10.3 Å². The highest BCUT2D eigenvalue weighted by atomic mass is 16.5. The lowest BCUT2D eigenvalue weighted by Crippen LogP contribution is -2.42. The fourth-order valence-corrected chi connectivity index (χ4v) is 1.91. The largest absolute Gasteiger partial charge is 0.378 e. The van der Waals surface area contributed by atoms with Crippen LogP contribution in [0.1, 0.15) is 16.8 Å². The Morgan fingerprint density at radius 1 is 1.30 bits per heavy atom. The number of carbonyl (C=O) groups is 2. The molecule has 20 heavy (non-hydrogen) atoms. The molecule has 0 unspecified atom stereocenters. The standard InChI is InChI=1S/C13H17N3O4/c17-11-2-1-10(9-15-11)13(19)14-4-3-12(18)16-5-7-20-8-6-16/h1-2,9H,3-8H2,(H,14,19)(H,15,17). The molecular weight excluding hydrogens is 262 g/mol. The molecule has 7 nitrogen and oxygen atoms in total. The van der Waals surface area contributed by atoms with Gasteiger partial charge in [-0.15, -0.1) is 0 Å². The van der Waals surface area contributed by atoms with Crippen LogP contribution in [-0.2, 0) is 9.53 Å². The second-order valence-electron chi connectivity index (χ2n) is 4.44. The van der Waals surface area contributed by atoms with Crippen LogP contribution in [-0.4, -0.2) is 54.5 Å². The summed E-state index contributed by atoms with van der Waals surface area (Å²) >= 11 is 0. The molecule has 1 aliphatic rings. The first kappa shape index (κ1) is 14.3. The second kappa shape index (κ2) is 6.85. The van der Waals surface area contributed by atoms with Gasteiger partial charge in [0.2, 0.25) is 11.5 Å². The Hall–Kier alpha value is -2.15. The van der Waals surface area contributed by atoms with Crippen LogP contribution in [0.4, 0.5) is 0 Å². The zero-order chi connectivity index (χ0) is 14.4. The molecule has 1 aromatic heterocycles. The molecule has 0 radical (unpaired) electrons. The monoisotopic (exact) mass is 279 g/mol. The predicted octanol–water partition coefficient (Wildman–Crippen LogP) is -0.646. The van der Waals surface area contributed by atoms with E-state index >= 15 is 0 Å². The molecule has 108 valence electrons. The molecule has 0 atom stereocenters. The van der Waals surface area contributed by atoms with Crippen molar-refractivity contribution in [2.24, 2.45) is 0 Å². The van der Waals surface area contributed by atoms with Gasteiger partial charge in [-0.2, -0.15) is 0 Å². The van der Waals surface area contributed by atoms with Gasteiger partial charge in [0.05, 0.1) is 18.8 Å². The lowest BCUT2D eigenvalue weighted by atomic mass is 10.2. The van der Waals surface area contributed by atoms with Crippen LogP contribution < -0.4 is 10.9 Å². The van der Waals surface area contributed by atoms with Crippen LogP contribution in [0, 0.1) is 0 Å². The Morgan fingerprint density at radius 2 is 2.05 bits per heavy atom. The van der Waals surface area contributed by atoms with E-state index in [0.29, 0.717) is 31.9 Å². The summed E-state index contributed by atoms with van der Waals surface area (Å²) < 4.78 is 5.17. The van der Waals surface area contributed by atoms with Crippen molar-refractivity contribution in [1.82, 2.24) is 15.2 Å². The second-order valence-corrected chi connectivity index (χ2v) is 4.44. The maximum Gasteiger partial charge on any atom is 0.252 e. The Labute approximate surface area is 115 Å². The van der Waals surface area contributed by atoms with Crippen LogP contribution >= 0.6 is 0 Å². The number of hydrogen-bond acceptors (Lipinski definition) is 4. The molecule has 1 saturated heterocycles. The fourth-order valence-electron chi connectivity index (χ4n) is 1.91. The van der Waals surface area contributed by atoms with E-state index in [1.807, 2.05) is 0 Å². The van der Waals surface area contributed by atoms with Crippen molar-refractivity contribution in [3.05, 3.63) is 34.2 Å². The van der Waals surface area contributed by atoms with Crippen molar-refractivity contribution >= 4 is 11.8 Å². The maximum absolute atomic E-state index is 11.8. The van der Waals surface area contributed by atoms with Crippen LogP contribution in [0.25, 0.3) is 0 Å². The van der Waals surface area contributed by atoms with Crippen LogP contribution in [0.15, 0.2) is 23.1 Å². The van der Waals surface area contributed by atoms with Crippen molar-refractivity contribution in [2.75, 3.05) is 32.8 Å². The van der Waals surface area contributed by atoms with E-state index in [4.69, 9.17) is 4.74 Å². The number of amides is 2. The van der Waals surface area contributed by atoms with Crippen molar-refractivity contribution in [3.63, 3.8) is 0 Å². The van der Waals surface area contributed by atoms with Crippen molar-refractivity contribution in [2.45, 2.75) is 6.42 Å². The molecular formula is C13H17N3O4. The molecule has 0 aromatic carbocycles. The molecule has 1 aromatic rings. The van der Waals surface area contributed by atoms with Crippen LogP contribution in [0.5, 0.6) is 0 Å². The molecule has 0 saturated carbocycles. The first-order valence-corrected chi connectivity index (χ1v) is 6.49. The Kier molecular flexibility index (Phi) is 4.89. The van der Waals surface area contributed by atoms with E-state index in [1.165, 1.54) is 18.3 Å². The average molecular weight is 279 g/mol. The van der Waals surface area contributed by atoms with Gasteiger partial charge in [0.25, 0.3) is 5.91 Å². The minimum absolute atomic E-state index is 0.00932. The first-order valence-electron chi connectivity index (χ1n) is 6.49. The van der Waals surface area contributed by atoms with E-state index in [-0.39, 0.29) is 30.3 Å². The van der Waals surface area contributed by atoms with Gasteiger partial charge >= 0.3 is 0 Å². The number of nitrogens with one attached hydrogen (secondary N) is 2. The molecule has 1 fully saturated rings. The summed E-state index contributed by atoms with van der Waals surface area (Å²) in [4.78, 5) is 38.6. The molecule has 0 spiro atoms. The van der Waals surface area contributed by atoms with Gasteiger partial charge in [0.1, 0.15) is 0 Å². The molecule has 2 rings (SSSR count). The number of hydrogen-bond donors (Lipinski definition) is 2. The molecule has 1 aliphatic heterocycles. The normalized spacial score (nSPS) is 14.9. The number of rotatable bonds is 4. The number of ether oxygens (including phenoxy) is 1. The number of H-pyrrole nitrogens is 1. The molecule has 2 amide bonds. The summed E-state index contributed by atoms with van der Waals surface area (Å²) in [5, 5.41) is 2.65. The van der Waals surface area contributed by atoms with Gasteiger partial charge in [-0.3, -0.25) is 14.4 Å². The van der Waals surface area contributed by atoms with Gasteiger partial charge in [0.15, 0.2) is 0 Å². The first-order chi connectivity index (χ1) is 9.66. The van der Waals surface area contributed by atoms with Crippen LogP contribution in [0.3, 0.4) is 0 Å². The summed E-state index contributed by atoms with van der Waals surface area (Å²) in [5.41, 5.74) is 0.104. The van der Waals surface area contributed by atoms with E-state index in [1.54, 1.807) is 4.90 Å². The number of pyridine rings is 1. The molecule has 2 heterocycles. The summed E-state index contributed by atoms with van der Waals surface area (Å²) in [6.07, 6.45) is 1.61. The van der Waals surface area contributed by atoms with Gasteiger partial charge in [-0.1, -0.05) is 0 Å². The van der Waals surface area contributed by atoms with Crippen molar-refractivity contribution in [3.8, 4) is 0 Å². The number of nitrogens with zero attached hydrogens (tertiary/aromatic N) is 1. The summed E-state index contributed by atoms with van der Waals surface area (Å²) in [6, 6.07) is 2.73. The smallest absolute Gasteiger partial charge is 0.252 e. The third-order valence-electron chi connectivity index (χ3n) is 3.03. The van der Waals surface area contributed by atoms with E-state index in [9.17, 15) is 14.4 Å². The van der Waals surface area contributed by atoms with Gasteiger partial charge < -0.3 is 19.9 Å². The SMILES string of the molecule is O=C(NCCC(=O)N1CCOCC1)c1ccc(=O)[nH]c1. The van der Waals surface area contributed by atoms with Gasteiger partial charge in [0, 0.05) is 38.3 Å². The van der Waals surface area contributed by atoms with Gasteiger partial charge in [-0.05, 0) is 6.07 Å². The van der Waals surface area contributed by atoms with Crippen molar-refractivity contribution in [1.29, 1.82) is 0 Å². The minimum Gasteiger partial charge on any atom is -0.378 e. The topological polar surface area (TPSA) is 91.5 Å². The van der Waals surface area contributed by atoms with Crippen LogP contribution in [0.2, 0.25) is 0 Å². The zero-order valence-electron chi connectivity index (χ0n) is 11.1. The highest BCUT2D eigenvalue weighted by Crippen LogP contribution is 2.00. The highest BCUT2D eigenvalue weighted by Gasteiger charge is 2.16. The molecule has 7 heteroatoms.